The Labute approximate surface area is 135 Å². The summed E-state index contributed by atoms with van der Waals surface area (Å²) in [5, 5.41) is 0. The summed E-state index contributed by atoms with van der Waals surface area (Å²) in [5.74, 6) is 2.00. The SMILES string of the molecule is CC(C)CN1CCC[C@@H]1c1cccnc1N1CCCCCC1. The fourth-order valence-electron chi connectivity index (χ4n) is 4.08. The van der Waals surface area contributed by atoms with Crippen molar-refractivity contribution in [2.45, 2.75) is 58.4 Å². The van der Waals surface area contributed by atoms with E-state index in [0.717, 1.165) is 5.92 Å². The number of pyridine rings is 1. The molecule has 1 aromatic rings. The number of aromatic nitrogens is 1. The molecule has 22 heavy (non-hydrogen) atoms. The molecule has 0 bridgehead atoms. The van der Waals surface area contributed by atoms with Crippen LogP contribution in [0.1, 0.15) is 64.0 Å². The highest BCUT2D eigenvalue weighted by atomic mass is 15.2. The largest absolute Gasteiger partial charge is 0.356 e. The van der Waals surface area contributed by atoms with E-state index in [2.05, 4.69) is 35.8 Å². The van der Waals surface area contributed by atoms with Crippen LogP contribution >= 0.6 is 0 Å². The van der Waals surface area contributed by atoms with Gasteiger partial charge in [-0.25, -0.2) is 4.98 Å². The van der Waals surface area contributed by atoms with Crippen LogP contribution in [0.25, 0.3) is 0 Å². The molecule has 0 unspecified atom stereocenters. The van der Waals surface area contributed by atoms with Crippen molar-refractivity contribution in [1.82, 2.24) is 9.88 Å². The van der Waals surface area contributed by atoms with Gasteiger partial charge in [0.15, 0.2) is 0 Å². The highest BCUT2D eigenvalue weighted by Gasteiger charge is 2.29. The molecular formula is C19H31N3. The van der Waals surface area contributed by atoms with Crippen LogP contribution in [0.4, 0.5) is 5.82 Å². The summed E-state index contributed by atoms with van der Waals surface area (Å²) < 4.78 is 0. The maximum absolute atomic E-state index is 4.80. The summed E-state index contributed by atoms with van der Waals surface area (Å²) in [6, 6.07) is 5.04. The summed E-state index contributed by atoms with van der Waals surface area (Å²) in [6.45, 7) is 9.47. The number of hydrogen-bond acceptors (Lipinski definition) is 3. The standard InChI is InChI=1S/C19H31N3/c1-16(2)15-22-14-8-10-18(22)17-9-7-11-20-19(17)21-12-5-3-4-6-13-21/h7,9,11,16,18H,3-6,8,10,12-15H2,1-2H3/t18-/m1/s1. The van der Waals surface area contributed by atoms with Gasteiger partial charge < -0.3 is 4.90 Å². The van der Waals surface area contributed by atoms with Crippen molar-refractivity contribution in [2.24, 2.45) is 5.92 Å². The average Bonchev–Trinajstić information content (AvgIpc) is 2.80. The molecule has 2 aliphatic rings. The summed E-state index contributed by atoms with van der Waals surface area (Å²) in [6.07, 6.45) is 9.98. The van der Waals surface area contributed by atoms with Crippen LogP contribution in [0, 0.1) is 5.92 Å². The Balaban J connectivity index is 1.83. The predicted molar refractivity (Wildman–Crippen MR) is 93.3 cm³/mol. The lowest BCUT2D eigenvalue weighted by molar-refractivity contribution is 0.229. The van der Waals surface area contributed by atoms with Crippen LogP contribution < -0.4 is 4.90 Å². The molecular weight excluding hydrogens is 270 g/mol. The minimum Gasteiger partial charge on any atom is -0.356 e. The van der Waals surface area contributed by atoms with Gasteiger partial charge in [-0.2, -0.15) is 0 Å². The van der Waals surface area contributed by atoms with Crippen LogP contribution in [-0.2, 0) is 0 Å². The Morgan fingerprint density at radius 2 is 1.86 bits per heavy atom. The quantitative estimate of drug-likeness (QED) is 0.828. The molecule has 1 atom stereocenters. The van der Waals surface area contributed by atoms with Gasteiger partial charge in [0.1, 0.15) is 5.82 Å². The van der Waals surface area contributed by atoms with Crippen molar-refractivity contribution in [3.8, 4) is 0 Å². The molecule has 3 heterocycles. The van der Waals surface area contributed by atoms with Gasteiger partial charge in [-0.05, 0) is 44.2 Å². The van der Waals surface area contributed by atoms with Gasteiger partial charge in [-0.15, -0.1) is 0 Å². The van der Waals surface area contributed by atoms with E-state index in [-0.39, 0.29) is 0 Å². The van der Waals surface area contributed by atoms with E-state index >= 15 is 0 Å². The van der Waals surface area contributed by atoms with E-state index in [0.29, 0.717) is 6.04 Å². The van der Waals surface area contributed by atoms with Crippen molar-refractivity contribution >= 4 is 5.82 Å². The number of nitrogens with zero attached hydrogens (tertiary/aromatic N) is 3. The second-order valence-corrected chi connectivity index (χ2v) is 7.36. The van der Waals surface area contributed by atoms with Gasteiger partial charge in [0.25, 0.3) is 0 Å². The third-order valence-corrected chi connectivity index (χ3v) is 5.04. The second kappa shape index (κ2) is 7.45. The fourth-order valence-corrected chi connectivity index (χ4v) is 4.08. The first-order valence-corrected chi connectivity index (χ1v) is 9.19. The van der Waals surface area contributed by atoms with Crippen molar-refractivity contribution in [3.63, 3.8) is 0 Å². The highest BCUT2D eigenvalue weighted by molar-refractivity contribution is 5.49. The second-order valence-electron chi connectivity index (χ2n) is 7.36. The minimum absolute atomic E-state index is 0.578. The van der Waals surface area contributed by atoms with Crippen LogP contribution in [-0.4, -0.2) is 36.1 Å². The third-order valence-electron chi connectivity index (χ3n) is 5.04. The molecule has 0 radical (unpaired) electrons. The van der Waals surface area contributed by atoms with E-state index in [1.54, 1.807) is 0 Å². The van der Waals surface area contributed by atoms with Crippen molar-refractivity contribution < 1.29 is 0 Å². The normalized spacial score (nSPS) is 24.0. The zero-order chi connectivity index (χ0) is 15.4. The Morgan fingerprint density at radius 1 is 1.09 bits per heavy atom. The van der Waals surface area contributed by atoms with E-state index in [4.69, 9.17) is 4.98 Å². The highest BCUT2D eigenvalue weighted by Crippen LogP contribution is 2.37. The lowest BCUT2D eigenvalue weighted by atomic mass is 10.0. The van der Waals surface area contributed by atoms with Crippen molar-refractivity contribution in [3.05, 3.63) is 23.9 Å². The maximum Gasteiger partial charge on any atom is 0.133 e. The molecule has 2 fully saturated rings. The Hall–Kier alpha value is -1.09. The van der Waals surface area contributed by atoms with Gasteiger partial charge in [-0.1, -0.05) is 32.8 Å². The average molecular weight is 301 g/mol. The summed E-state index contributed by atoms with van der Waals surface area (Å²) >= 11 is 0. The molecule has 3 rings (SSSR count). The maximum atomic E-state index is 4.80. The molecule has 3 heteroatoms. The predicted octanol–water partition coefficient (Wildman–Crippen LogP) is 4.25. The van der Waals surface area contributed by atoms with Crippen LogP contribution in [0.2, 0.25) is 0 Å². The van der Waals surface area contributed by atoms with E-state index < -0.39 is 0 Å². The van der Waals surface area contributed by atoms with Gasteiger partial charge >= 0.3 is 0 Å². The summed E-state index contributed by atoms with van der Waals surface area (Å²) in [7, 11) is 0. The van der Waals surface area contributed by atoms with E-state index in [9.17, 15) is 0 Å². The van der Waals surface area contributed by atoms with Gasteiger partial charge in [0, 0.05) is 37.4 Å². The molecule has 2 saturated heterocycles. The molecule has 0 aliphatic carbocycles. The van der Waals surface area contributed by atoms with Gasteiger partial charge in [0.2, 0.25) is 0 Å². The Kier molecular flexibility index (Phi) is 5.35. The smallest absolute Gasteiger partial charge is 0.133 e. The topological polar surface area (TPSA) is 19.4 Å². The molecule has 0 spiro atoms. The first kappa shape index (κ1) is 15.8. The first-order valence-electron chi connectivity index (χ1n) is 9.19. The monoisotopic (exact) mass is 301 g/mol. The molecule has 0 amide bonds. The molecule has 0 saturated carbocycles. The molecule has 2 aliphatic heterocycles. The lowest BCUT2D eigenvalue weighted by Gasteiger charge is -2.31. The number of hydrogen-bond donors (Lipinski definition) is 0. The van der Waals surface area contributed by atoms with E-state index in [1.165, 1.54) is 76.1 Å². The third kappa shape index (κ3) is 3.62. The molecule has 0 N–H and O–H groups in total. The van der Waals surface area contributed by atoms with Crippen LogP contribution in [0.3, 0.4) is 0 Å². The molecule has 122 valence electrons. The zero-order valence-electron chi connectivity index (χ0n) is 14.3. The summed E-state index contributed by atoms with van der Waals surface area (Å²) in [5.41, 5.74) is 1.47. The minimum atomic E-state index is 0.578. The Bertz CT molecular complexity index is 464. The van der Waals surface area contributed by atoms with Crippen LogP contribution in [0.15, 0.2) is 18.3 Å². The van der Waals surface area contributed by atoms with Crippen molar-refractivity contribution in [2.75, 3.05) is 31.1 Å². The number of likely N-dealkylation sites (tertiary alicyclic amines) is 1. The van der Waals surface area contributed by atoms with Crippen LogP contribution in [0.5, 0.6) is 0 Å². The molecule has 3 nitrogen and oxygen atoms in total. The van der Waals surface area contributed by atoms with Gasteiger partial charge in [0.05, 0.1) is 0 Å². The number of rotatable bonds is 4. The fraction of sp³-hybridized carbons (Fsp3) is 0.737. The van der Waals surface area contributed by atoms with Crippen molar-refractivity contribution in [1.29, 1.82) is 0 Å². The lowest BCUT2D eigenvalue weighted by Crippen LogP contribution is -2.31. The number of anilines is 1. The van der Waals surface area contributed by atoms with E-state index in [1.807, 2.05) is 6.20 Å². The molecule has 0 aromatic carbocycles. The first-order chi connectivity index (χ1) is 10.8. The Morgan fingerprint density at radius 3 is 2.59 bits per heavy atom. The zero-order valence-corrected chi connectivity index (χ0v) is 14.3. The molecule has 1 aromatic heterocycles. The summed E-state index contributed by atoms with van der Waals surface area (Å²) in [4.78, 5) is 10.0. The van der Waals surface area contributed by atoms with Gasteiger partial charge in [-0.3, -0.25) is 4.90 Å².